The number of esters is 1. The Balaban J connectivity index is 1.52. The lowest BCUT2D eigenvalue weighted by Crippen LogP contribution is -2.32. The van der Waals surface area contributed by atoms with Crippen molar-refractivity contribution in [3.05, 3.63) is 83.0 Å². The zero-order valence-corrected chi connectivity index (χ0v) is 20.3. The first-order chi connectivity index (χ1) is 17.4. The van der Waals surface area contributed by atoms with Crippen LogP contribution in [0.5, 0.6) is 23.0 Å². The fourth-order valence-electron chi connectivity index (χ4n) is 3.50. The van der Waals surface area contributed by atoms with Crippen LogP contribution < -0.4 is 29.2 Å². The fourth-order valence-corrected chi connectivity index (χ4v) is 3.71. The molecule has 36 heavy (non-hydrogen) atoms. The van der Waals surface area contributed by atoms with Gasteiger partial charge in [-0.1, -0.05) is 23.7 Å². The molecule has 1 aliphatic heterocycles. The number of benzene rings is 3. The molecule has 184 valence electrons. The second-order valence-corrected chi connectivity index (χ2v) is 7.79. The molecule has 0 atom stereocenters. The van der Waals surface area contributed by atoms with Gasteiger partial charge < -0.3 is 24.3 Å². The fraction of sp³-hybridized carbons (Fsp3) is 0.115. The summed E-state index contributed by atoms with van der Waals surface area (Å²) in [6, 6.07) is 17.6. The number of methoxy groups -OCH3 is 3. The quantitative estimate of drug-likeness (QED) is 0.272. The van der Waals surface area contributed by atoms with E-state index in [1.807, 2.05) is 0 Å². The van der Waals surface area contributed by atoms with E-state index in [9.17, 15) is 14.4 Å². The highest BCUT2D eigenvalue weighted by molar-refractivity contribution is 6.53. The molecular weight excluding hydrogens is 488 g/mol. The summed E-state index contributed by atoms with van der Waals surface area (Å²) in [5.74, 6) is -0.545. The molecule has 0 fully saturated rings. The predicted molar refractivity (Wildman–Crippen MR) is 133 cm³/mol. The van der Waals surface area contributed by atoms with E-state index in [4.69, 9.17) is 30.5 Å². The number of imide groups is 1. The molecule has 2 amide bonds. The molecule has 1 aliphatic rings. The highest BCUT2D eigenvalue weighted by Gasteiger charge is 2.40. The maximum absolute atomic E-state index is 13.2. The molecule has 0 aromatic heterocycles. The van der Waals surface area contributed by atoms with E-state index in [1.165, 1.54) is 39.5 Å². The van der Waals surface area contributed by atoms with Gasteiger partial charge in [0.15, 0.2) is 11.5 Å². The highest BCUT2D eigenvalue weighted by Crippen LogP contribution is 2.38. The Morgan fingerprint density at radius 3 is 2.11 bits per heavy atom. The van der Waals surface area contributed by atoms with E-state index in [-0.39, 0.29) is 27.7 Å². The molecule has 0 saturated heterocycles. The lowest BCUT2D eigenvalue weighted by Gasteiger charge is -2.19. The Labute approximate surface area is 211 Å². The SMILES string of the molecule is COc1ccc(OC)c(N2C(=O)C(Cl)=C(Nc3ccc(C(=O)Oc4ccccc4OC)cc3)C2=O)c1. The molecule has 3 aromatic rings. The number of rotatable bonds is 8. The summed E-state index contributed by atoms with van der Waals surface area (Å²) in [4.78, 5) is 39.5. The summed E-state index contributed by atoms with van der Waals surface area (Å²) >= 11 is 6.23. The van der Waals surface area contributed by atoms with Crippen molar-refractivity contribution in [2.45, 2.75) is 0 Å². The third kappa shape index (κ3) is 4.69. The van der Waals surface area contributed by atoms with Crippen LogP contribution in [0.3, 0.4) is 0 Å². The van der Waals surface area contributed by atoms with Crippen molar-refractivity contribution in [3.63, 3.8) is 0 Å². The van der Waals surface area contributed by atoms with Crippen molar-refractivity contribution in [3.8, 4) is 23.0 Å². The smallest absolute Gasteiger partial charge is 0.343 e. The number of nitrogens with one attached hydrogen (secondary N) is 1. The molecule has 0 spiro atoms. The van der Waals surface area contributed by atoms with Crippen LogP contribution in [0, 0.1) is 0 Å². The lowest BCUT2D eigenvalue weighted by atomic mass is 10.2. The summed E-state index contributed by atoms with van der Waals surface area (Å²) in [5.41, 5.74) is 0.771. The van der Waals surface area contributed by atoms with Gasteiger partial charge in [0.2, 0.25) is 0 Å². The molecule has 0 aliphatic carbocycles. The standard InChI is InChI=1S/C26H21ClN2O7/c1-33-17-12-13-19(34-2)18(14-17)29-24(30)22(27)23(25(29)31)28-16-10-8-15(9-11-16)26(32)36-21-7-5-4-6-20(21)35-3/h4-14,28H,1-3H3. The molecule has 1 heterocycles. The van der Waals surface area contributed by atoms with Crippen LogP contribution in [-0.2, 0) is 9.59 Å². The Kier molecular flexibility index (Phi) is 7.12. The molecule has 0 radical (unpaired) electrons. The Morgan fingerprint density at radius 1 is 0.806 bits per heavy atom. The number of para-hydroxylation sites is 2. The van der Waals surface area contributed by atoms with Gasteiger partial charge in [-0.25, -0.2) is 9.69 Å². The molecule has 1 N–H and O–H groups in total. The normalized spacial score (nSPS) is 13.1. The third-order valence-corrected chi connectivity index (χ3v) is 5.67. The van der Waals surface area contributed by atoms with Crippen LogP contribution in [0.4, 0.5) is 11.4 Å². The summed E-state index contributed by atoms with van der Waals surface area (Å²) in [5, 5.41) is 2.57. The van der Waals surface area contributed by atoms with E-state index in [2.05, 4.69) is 5.32 Å². The minimum atomic E-state index is -0.715. The number of hydrogen-bond donors (Lipinski definition) is 1. The number of carbonyl (C=O) groups is 3. The zero-order valence-electron chi connectivity index (χ0n) is 19.5. The van der Waals surface area contributed by atoms with Gasteiger partial charge in [-0.2, -0.15) is 0 Å². The minimum Gasteiger partial charge on any atom is -0.497 e. The van der Waals surface area contributed by atoms with Gasteiger partial charge in [0.1, 0.15) is 22.2 Å². The first-order valence-corrected chi connectivity index (χ1v) is 11.0. The maximum atomic E-state index is 13.2. The van der Waals surface area contributed by atoms with Gasteiger partial charge in [0.25, 0.3) is 11.8 Å². The monoisotopic (exact) mass is 508 g/mol. The number of halogens is 1. The van der Waals surface area contributed by atoms with Crippen LogP contribution in [0.1, 0.15) is 10.4 Å². The van der Waals surface area contributed by atoms with Crippen LogP contribution in [-0.4, -0.2) is 39.1 Å². The van der Waals surface area contributed by atoms with Crippen molar-refractivity contribution in [2.24, 2.45) is 0 Å². The summed E-state index contributed by atoms with van der Waals surface area (Å²) in [6.45, 7) is 0. The van der Waals surface area contributed by atoms with Crippen LogP contribution >= 0.6 is 11.6 Å². The highest BCUT2D eigenvalue weighted by atomic mass is 35.5. The molecule has 4 rings (SSSR count). The van der Waals surface area contributed by atoms with Gasteiger partial charge in [-0.3, -0.25) is 9.59 Å². The average Bonchev–Trinajstić information content (AvgIpc) is 3.11. The Hall–Kier alpha value is -4.50. The third-order valence-electron chi connectivity index (χ3n) is 5.32. The molecule has 0 bridgehead atoms. The van der Waals surface area contributed by atoms with Gasteiger partial charge in [0.05, 0.1) is 32.6 Å². The van der Waals surface area contributed by atoms with Crippen LogP contribution in [0.25, 0.3) is 0 Å². The van der Waals surface area contributed by atoms with Crippen LogP contribution in [0.15, 0.2) is 77.5 Å². The number of hydrogen-bond acceptors (Lipinski definition) is 8. The Bertz CT molecular complexity index is 1370. The van der Waals surface area contributed by atoms with E-state index >= 15 is 0 Å². The number of anilines is 2. The number of amides is 2. The van der Waals surface area contributed by atoms with Gasteiger partial charge >= 0.3 is 5.97 Å². The largest absolute Gasteiger partial charge is 0.497 e. The maximum Gasteiger partial charge on any atom is 0.343 e. The van der Waals surface area contributed by atoms with Crippen molar-refractivity contribution < 1.29 is 33.3 Å². The number of nitrogens with zero attached hydrogens (tertiary/aromatic N) is 1. The molecule has 0 unspecified atom stereocenters. The van der Waals surface area contributed by atoms with Crippen molar-refractivity contribution in [1.82, 2.24) is 0 Å². The average molecular weight is 509 g/mol. The molecule has 3 aromatic carbocycles. The van der Waals surface area contributed by atoms with E-state index < -0.39 is 17.8 Å². The summed E-state index contributed by atoms with van der Waals surface area (Å²) in [6.07, 6.45) is 0. The van der Waals surface area contributed by atoms with Crippen molar-refractivity contribution in [2.75, 3.05) is 31.5 Å². The van der Waals surface area contributed by atoms with Gasteiger partial charge in [0, 0.05) is 11.8 Å². The first kappa shape index (κ1) is 24.6. The lowest BCUT2D eigenvalue weighted by molar-refractivity contribution is -0.120. The van der Waals surface area contributed by atoms with Crippen molar-refractivity contribution in [1.29, 1.82) is 0 Å². The molecule has 10 heteroatoms. The molecule has 9 nitrogen and oxygen atoms in total. The van der Waals surface area contributed by atoms with Crippen molar-refractivity contribution >= 4 is 40.8 Å². The molecule has 0 saturated carbocycles. The van der Waals surface area contributed by atoms with Crippen LogP contribution in [0.2, 0.25) is 0 Å². The zero-order chi connectivity index (χ0) is 25.8. The van der Waals surface area contributed by atoms with Gasteiger partial charge in [-0.05, 0) is 48.5 Å². The molecular formula is C26H21ClN2O7. The Morgan fingerprint density at radius 2 is 1.47 bits per heavy atom. The summed E-state index contributed by atoms with van der Waals surface area (Å²) in [7, 11) is 4.37. The summed E-state index contributed by atoms with van der Waals surface area (Å²) < 4.78 is 21.1. The second kappa shape index (κ2) is 10.4. The predicted octanol–water partition coefficient (Wildman–Crippen LogP) is 4.37. The first-order valence-electron chi connectivity index (χ1n) is 10.6. The minimum absolute atomic E-state index is 0.115. The second-order valence-electron chi connectivity index (χ2n) is 7.42. The number of carbonyl (C=O) groups excluding carboxylic acids is 3. The number of ether oxygens (including phenoxy) is 4. The van der Waals surface area contributed by atoms with E-state index in [1.54, 1.807) is 48.5 Å². The van der Waals surface area contributed by atoms with E-state index in [0.717, 1.165) is 4.90 Å². The van der Waals surface area contributed by atoms with Gasteiger partial charge in [-0.15, -0.1) is 0 Å². The topological polar surface area (TPSA) is 103 Å². The van der Waals surface area contributed by atoms with E-state index in [0.29, 0.717) is 22.9 Å².